The van der Waals surface area contributed by atoms with E-state index in [9.17, 15) is 4.79 Å². The molecule has 7 nitrogen and oxygen atoms in total. The van der Waals surface area contributed by atoms with E-state index in [1.54, 1.807) is 6.07 Å². The minimum absolute atomic E-state index is 0.0282. The van der Waals surface area contributed by atoms with Gasteiger partial charge in [-0.15, -0.1) is 0 Å². The Morgan fingerprint density at radius 3 is 2.46 bits per heavy atom. The second-order valence-electron chi connectivity index (χ2n) is 7.29. The lowest BCUT2D eigenvalue weighted by molar-refractivity contribution is 0.169. The van der Waals surface area contributed by atoms with Crippen LogP contribution in [0.3, 0.4) is 0 Å². The molecule has 0 aromatic carbocycles. The number of nitrogens with one attached hydrogen (secondary N) is 1. The van der Waals surface area contributed by atoms with Gasteiger partial charge in [0.15, 0.2) is 0 Å². The largest absolute Gasteiger partial charge is 0.443 e. The molecule has 0 saturated carbocycles. The molecule has 1 atom stereocenters. The van der Waals surface area contributed by atoms with Crippen molar-refractivity contribution in [1.82, 2.24) is 20.1 Å². The van der Waals surface area contributed by atoms with Gasteiger partial charge < -0.3 is 9.32 Å². The van der Waals surface area contributed by atoms with Crippen molar-refractivity contribution in [1.29, 1.82) is 0 Å². The van der Waals surface area contributed by atoms with Crippen LogP contribution in [0.2, 0.25) is 0 Å². The van der Waals surface area contributed by atoms with Crippen molar-refractivity contribution in [3.63, 3.8) is 0 Å². The molecule has 0 amide bonds. The average Bonchev–Trinajstić information content (AvgIpc) is 3.05. The summed E-state index contributed by atoms with van der Waals surface area (Å²) in [7, 11) is 0. The van der Waals surface area contributed by atoms with Gasteiger partial charge in [0.2, 0.25) is 5.89 Å². The quantitative estimate of drug-likeness (QED) is 0.926. The van der Waals surface area contributed by atoms with E-state index in [2.05, 4.69) is 52.7 Å². The van der Waals surface area contributed by atoms with Crippen LogP contribution < -0.4 is 10.5 Å². The highest BCUT2D eigenvalue weighted by molar-refractivity contribution is 5.36. The Bertz CT molecular complexity index is 717. The lowest BCUT2D eigenvalue weighted by Crippen LogP contribution is -2.47. The average molecular weight is 331 g/mol. The number of H-pyrrole nitrogens is 1. The standard InChI is InChI=1S/C17H25N5O2/c1-12(16-18-11-13(24-16)17(2,3)4)21-7-9-22(10-8-21)14-5-6-15(23)20-19-14/h5-6,11-12H,7-10H2,1-4H3,(H,20,23). The van der Waals surface area contributed by atoms with E-state index >= 15 is 0 Å². The highest BCUT2D eigenvalue weighted by Crippen LogP contribution is 2.27. The van der Waals surface area contributed by atoms with E-state index in [4.69, 9.17) is 4.42 Å². The number of hydrogen-bond acceptors (Lipinski definition) is 6. The van der Waals surface area contributed by atoms with Crippen molar-refractivity contribution in [3.05, 3.63) is 40.3 Å². The third kappa shape index (κ3) is 3.51. The Kier molecular flexibility index (Phi) is 4.45. The predicted octanol–water partition coefficient (Wildman–Crippen LogP) is 1.94. The predicted molar refractivity (Wildman–Crippen MR) is 92.3 cm³/mol. The summed E-state index contributed by atoms with van der Waals surface area (Å²) in [6.07, 6.45) is 1.84. The van der Waals surface area contributed by atoms with Crippen LogP contribution in [0.4, 0.5) is 5.82 Å². The molecule has 0 bridgehead atoms. The highest BCUT2D eigenvalue weighted by Gasteiger charge is 2.27. The van der Waals surface area contributed by atoms with Crippen molar-refractivity contribution >= 4 is 5.82 Å². The van der Waals surface area contributed by atoms with Gasteiger partial charge in [-0.3, -0.25) is 9.69 Å². The second-order valence-corrected chi connectivity index (χ2v) is 7.29. The first-order valence-electron chi connectivity index (χ1n) is 8.35. The van der Waals surface area contributed by atoms with E-state index in [1.165, 1.54) is 6.07 Å². The monoisotopic (exact) mass is 331 g/mol. The molecule has 1 saturated heterocycles. The summed E-state index contributed by atoms with van der Waals surface area (Å²) in [6, 6.07) is 3.42. The van der Waals surface area contributed by atoms with Crippen molar-refractivity contribution in [3.8, 4) is 0 Å². The van der Waals surface area contributed by atoms with E-state index in [1.807, 2.05) is 6.20 Å². The molecular weight excluding hydrogens is 306 g/mol. The molecule has 24 heavy (non-hydrogen) atoms. The lowest BCUT2D eigenvalue weighted by atomic mass is 9.94. The maximum Gasteiger partial charge on any atom is 0.264 e. The SMILES string of the molecule is CC(c1ncc(C(C)(C)C)o1)N1CCN(c2ccc(=O)[nH]n2)CC1. The van der Waals surface area contributed by atoms with E-state index in [-0.39, 0.29) is 17.0 Å². The summed E-state index contributed by atoms with van der Waals surface area (Å²) in [5, 5.41) is 6.59. The van der Waals surface area contributed by atoms with Crippen LogP contribution in [0.1, 0.15) is 45.4 Å². The van der Waals surface area contributed by atoms with Gasteiger partial charge in [-0.25, -0.2) is 10.1 Å². The van der Waals surface area contributed by atoms with Gasteiger partial charge in [0.25, 0.3) is 5.56 Å². The zero-order valence-electron chi connectivity index (χ0n) is 14.7. The zero-order valence-corrected chi connectivity index (χ0v) is 14.7. The van der Waals surface area contributed by atoms with Gasteiger partial charge in [-0.05, 0) is 13.0 Å². The van der Waals surface area contributed by atoms with Gasteiger partial charge in [-0.2, -0.15) is 5.10 Å². The third-order valence-corrected chi connectivity index (χ3v) is 4.47. The molecular formula is C17H25N5O2. The van der Waals surface area contributed by atoms with Crippen LogP contribution in [-0.2, 0) is 5.41 Å². The van der Waals surface area contributed by atoms with Gasteiger partial charge in [0, 0.05) is 37.7 Å². The molecule has 1 aliphatic heterocycles. The van der Waals surface area contributed by atoms with E-state index in [0.29, 0.717) is 0 Å². The topological polar surface area (TPSA) is 78.3 Å². The van der Waals surface area contributed by atoms with Crippen molar-refractivity contribution in [2.75, 3.05) is 31.1 Å². The summed E-state index contributed by atoms with van der Waals surface area (Å²) >= 11 is 0. The lowest BCUT2D eigenvalue weighted by Gasteiger charge is -2.37. The minimum atomic E-state index is -0.176. The van der Waals surface area contributed by atoms with Gasteiger partial charge in [0.1, 0.15) is 11.6 Å². The zero-order chi connectivity index (χ0) is 17.3. The van der Waals surface area contributed by atoms with E-state index in [0.717, 1.165) is 43.6 Å². The fraction of sp³-hybridized carbons (Fsp3) is 0.588. The molecule has 0 spiro atoms. The molecule has 1 aliphatic rings. The molecule has 3 heterocycles. The van der Waals surface area contributed by atoms with Crippen LogP contribution in [0.5, 0.6) is 0 Å². The number of rotatable bonds is 3. The number of aromatic amines is 1. The van der Waals surface area contributed by atoms with Crippen molar-refractivity contribution in [2.45, 2.75) is 39.2 Å². The first-order valence-corrected chi connectivity index (χ1v) is 8.35. The Labute approximate surface area is 141 Å². The third-order valence-electron chi connectivity index (χ3n) is 4.47. The highest BCUT2D eigenvalue weighted by atomic mass is 16.4. The first kappa shape index (κ1) is 16.7. The fourth-order valence-electron chi connectivity index (χ4n) is 2.84. The Morgan fingerprint density at radius 2 is 1.92 bits per heavy atom. The maximum absolute atomic E-state index is 11.1. The molecule has 0 radical (unpaired) electrons. The molecule has 1 unspecified atom stereocenters. The van der Waals surface area contributed by atoms with Gasteiger partial charge >= 0.3 is 0 Å². The summed E-state index contributed by atoms with van der Waals surface area (Å²) in [6.45, 7) is 12.0. The fourth-order valence-corrected chi connectivity index (χ4v) is 2.84. The van der Waals surface area contributed by atoms with Crippen LogP contribution in [-0.4, -0.2) is 46.3 Å². The molecule has 1 fully saturated rings. The Balaban J connectivity index is 1.62. The summed E-state index contributed by atoms with van der Waals surface area (Å²) in [5.41, 5.74) is -0.205. The second kappa shape index (κ2) is 6.39. The smallest absolute Gasteiger partial charge is 0.264 e. The number of oxazole rings is 1. The van der Waals surface area contributed by atoms with Gasteiger partial charge in [0.05, 0.1) is 12.2 Å². The first-order chi connectivity index (χ1) is 11.3. The van der Waals surface area contributed by atoms with E-state index < -0.39 is 0 Å². The van der Waals surface area contributed by atoms with Crippen LogP contribution in [0.15, 0.2) is 27.5 Å². The molecule has 3 rings (SSSR count). The molecule has 2 aromatic rings. The van der Waals surface area contributed by atoms with Gasteiger partial charge in [-0.1, -0.05) is 20.8 Å². The van der Waals surface area contributed by atoms with Crippen LogP contribution in [0.25, 0.3) is 0 Å². The summed E-state index contributed by atoms with van der Waals surface area (Å²) in [4.78, 5) is 20.1. The van der Waals surface area contributed by atoms with Crippen LogP contribution >= 0.6 is 0 Å². The number of anilines is 1. The minimum Gasteiger partial charge on any atom is -0.443 e. The molecule has 130 valence electrons. The molecule has 7 heteroatoms. The summed E-state index contributed by atoms with van der Waals surface area (Å²) in [5.74, 6) is 2.50. The molecule has 2 aromatic heterocycles. The maximum atomic E-state index is 11.1. The number of aromatic nitrogens is 3. The number of nitrogens with zero attached hydrogens (tertiary/aromatic N) is 4. The Hall–Kier alpha value is -2.15. The number of piperazine rings is 1. The summed E-state index contributed by atoms with van der Waals surface area (Å²) < 4.78 is 5.97. The van der Waals surface area contributed by atoms with Crippen molar-refractivity contribution in [2.24, 2.45) is 0 Å². The molecule has 0 aliphatic carbocycles. The van der Waals surface area contributed by atoms with Crippen LogP contribution in [0, 0.1) is 0 Å². The Morgan fingerprint density at radius 1 is 1.21 bits per heavy atom. The molecule has 1 N–H and O–H groups in total. The normalized spacial score (nSPS) is 17.9. The number of hydrogen-bond donors (Lipinski definition) is 1. The van der Waals surface area contributed by atoms with Crippen molar-refractivity contribution < 1.29 is 4.42 Å².